The van der Waals surface area contributed by atoms with E-state index in [4.69, 9.17) is 5.73 Å². The number of nitrogens with two attached hydrogens (primary N) is 1. The van der Waals surface area contributed by atoms with E-state index in [2.05, 4.69) is 29.6 Å². The van der Waals surface area contributed by atoms with Crippen molar-refractivity contribution in [1.29, 1.82) is 0 Å². The Morgan fingerprint density at radius 1 is 1.20 bits per heavy atom. The zero-order valence-corrected chi connectivity index (χ0v) is 11.9. The van der Waals surface area contributed by atoms with Crippen molar-refractivity contribution in [2.45, 2.75) is 19.8 Å². The molecule has 0 heterocycles. The number of fused-ring (bicyclic) bond motifs is 1. The molecule has 0 bridgehead atoms. The van der Waals surface area contributed by atoms with Crippen LogP contribution in [0.4, 0.5) is 0 Å². The molecule has 3 N–H and O–H groups in total. The van der Waals surface area contributed by atoms with Gasteiger partial charge in [0.1, 0.15) is 0 Å². The van der Waals surface area contributed by atoms with E-state index in [1.165, 1.54) is 16.3 Å². The van der Waals surface area contributed by atoms with Crippen LogP contribution >= 0.6 is 0 Å². The van der Waals surface area contributed by atoms with Crippen LogP contribution in [-0.2, 0) is 11.2 Å². The molecule has 106 valence electrons. The maximum atomic E-state index is 12.1. The summed E-state index contributed by atoms with van der Waals surface area (Å²) < 4.78 is 0. The third kappa shape index (κ3) is 3.36. The monoisotopic (exact) mass is 270 g/mol. The van der Waals surface area contributed by atoms with Gasteiger partial charge in [0.25, 0.3) is 0 Å². The smallest absolute Gasteiger partial charge is 0.224 e. The molecule has 0 aliphatic rings. The fourth-order valence-corrected chi connectivity index (χ4v) is 2.41. The summed E-state index contributed by atoms with van der Waals surface area (Å²) in [6.45, 7) is 3.13. The zero-order valence-electron chi connectivity index (χ0n) is 11.9. The van der Waals surface area contributed by atoms with Crippen molar-refractivity contribution in [3.8, 4) is 0 Å². The van der Waals surface area contributed by atoms with E-state index in [0.29, 0.717) is 19.5 Å². The molecule has 0 aliphatic carbocycles. The summed E-state index contributed by atoms with van der Waals surface area (Å²) in [7, 11) is 0. The molecule has 2 aromatic carbocycles. The highest BCUT2D eigenvalue weighted by Gasteiger charge is 2.17. The number of nitrogens with one attached hydrogen (secondary N) is 1. The molecule has 0 spiro atoms. The first kappa shape index (κ1) is 14.5. The summed E-state index contributed by atoms with van der Waals surface area (Å²) in [6, 6.07) is 14.5. The van der Waals surface area contributed by atoms with E-state index in [9.17, 15) is 4.79 Å². The average molecular weight is 270 g/mol. The second-order valence-electron chi connectivity index (χ2n) is 5.07. The molecule has 1 unspecified atom stereocenters. The molecule has 0 radical (unpaired) electrons. The lowest BCUT2D eigenvalue weighted by Gasteiger charge is -2.16. The quantitative estimate of drug-likeness (QED) is 0.847. The van der Waals surface area contributed by atoms with E-state index >= 15 is 0 Å². The fraction of sp³-hybridized carbons (Fsp3) is 0.353. The minimum atomic E-state index is -0.160. The highest BCUT2D eigenvalue weighted by Crippen LogP contribution is 2.21. The van der Waals surface area contributed by atoms with Crippen molar-refractivity contribution >= 4 is 16.7 Å². The normalized spacial score (nSPS) is 12.3. The summed E-state index contributed by atoms with van der Waals surface area (Å²) in [5, 5.41) is 5.34. The predicted molar refractivity (Wildman–Crippen MR) is 83.5 cm³/mol. The van der Waals surface area contributed by atoms with Crippen LogP contribution in [0.5, 0.6) is 0 Å². The second-order valence-corrected chi connectivity index (χ2v) is 5.07. The average Bonchev–Trinajstić information content (AvgIpc) is 2.50. The van der Waals surface area contributed by atoms with Crippen LogP contribution < -0.4 is 11.1 Å². The van der Waals surface area contributed by atoms with E-state index in [-0.39, 0.29) is 11.8 Å². The van der Waals surface area contributed by atoms with Gasteiger partial charge in [0.05, 0.1) is 5.92 Å². The van der Waals surface area contributed by atoms with Gasteiger partial charge >= 0.3 is 0 Å². The molecule has 3 heteroatoms. The molecule has 0 saturated carbocycles. The molecule has 0 aliphatic heterocycles. The Bertz CT molecular complexity index is 575. The Morgan fingerprint density at radius 2 is 1.95 bits per heavy atom. The SMILES string of the molecule is CCCNC(=O)C(CN)Cc1cccc2ccccc12. The Hall–Kier alpha value is -1.87. The Balaban J connectivity index is 2.19. The predicted octanol–water partition coefficient (Wildman–Crippen LogP) is 2.48. The van der Waals surface area contributed by atoms with Crippen LogP contribution in [0, 0.1) is 5.92 Å². The van der Waals surface area contributed by atoms with Gasteiger partial charge in [-0.25, -0.2) is 0 Å². The van der Waals surface area contributed by atoms with Crippen molar-refractivity contribution in [3.63, 3.8) is 0 Å². The minimum Gasteiger partial charge on any atom is -0.356 e. The molecule has 20 heavy (non-hydrogen) atoms. The van der Waals surface area contributed by atoms with Crippen LogP contribution in [0.1, 0.15) is 18.9 Å². The number of benzene rings is 2. The largest absolute Gasteiger partial charge is 0.356 e. The third-order valence-corrected chi connectivity index (χ3v) is 3.55. The molecule has 2 aromatic rings. The number of hydrogen-bond acceptors (Lipinski definition) is 2. The summed E-state index contributed by atoms with van der Waals surface area (Å²) in [4.78, 5) is 12.1. The van der Waals surface area contributed by atoms with Crippen LogP contribution in [0.25, 0.3) is 10.8 Å². The highest BCUT2D eigenvalue weighted by molar-refractivity contribution is 5.86. The number of rotatable bonds is 6. The zero-order chi connectivity index (χ0) is 14.4. The Labute approximate surface area is 120 Å². The van der Waals surface area contributed by atoms with Gasteiger partial charge in [-0.3, -0.25) is 4.79 Å². The summed E-state index contributed by atoms with van der Waals surface area (Å²) in [6.07, 6.45) is 1.63. The van der Waals surface area contributed by atoms with E-state index < -0.39 is 0 Å². The number of carbonyl (C=O) groups is 1. The topological polar surface area (TPSA) is 55.1 Å². The Kier molecular flexibility index (Phi) is 5.13. The van der Waals surface area contributed by atoms with Crippen LogP contribution in [0.15, 0.2) is 42.5 Å². The minimum absolute atomic E-state index is 0.0577. The van der Waals surface area contributed by atoms with Gasteiger partial charge in [-0.05, 0) is 29.2 Å². The summed E-state index contributed by atoms with van der Waals surface area (Å²) in [5.74, 6) is -0.102. The first-order valence-electron chi connectivity index (χ1n) is 7.20. The molecule has 0 fully saturated rings. The molecule has 0 aromatic heterocycles. The molecule has 1 amide bonds. The Morgan fingerprint density at radius 3 is 2.70 bits per heavy atom. The van der Waals surface area contributed by atoms with Gasteiger partial charge in [-0.2, -0.15) is 0 Å². The first-order chi connectivity index (χ1) is 9.76. The van der Waals surface area contributed by atoms with Gasteiger partial charge in [-0.1, -0.05) is 49.4 Å². The second kappa shape index (κ2) is 7.06. The lowest BCUT2D eigenvalue weighted by atomic mass is 9.94. The van der Waals surface area contributed by atoms with Crippen molar-refractivity contribution in [2.24, 2.45) is 11.7 Å². The van der Waals surface area contributed by atoms with Crippen molar-refractivity contribution < 1.29 is 4.79 Å². The highest BCUT2D eigenvalue weighted by atomic mass is 16.1. The standard InChI is InChI=1S/C17H22N2O/c1-2-10-19-17(20)15(12-18)11-14-8-5-7-13-6-3-4-9-16(13)14/h3-9,15H,2,10-12,18H2,1H3,(H,19,20). The molecular formula is C17H22N2O. The number of amides is 1. The van der Waals surface area contributed by atoms with E-state index in [1.54, 1.807) is 0 Å². The summed E-state index contributed by atoms with van der Waals surface area (Å²) in [5.41, 5.74) is 6.96. The lowest BCUT2D eigenvalue weighted by molar-refractivity contribution is -0.124. The fourth-order valence-electron chi connectivity index (χ4n) is 2.41. The molecule has 2 rings (SSSR count). The maximum absolute atomic E-state index is 12.1. The molecular weight excluding hydrogens is 248 g/mol. The van der Waals surface area contributed by atoms with Gasteiger partial charge in [0.15, 0.2) is 0 Å². The van der Waals surface area contributed by atoms with E-state index in [0.717, 1.165) is 6.42 Å². The van der Waals surface area contributed by atoms with Gasteiger partial charge in [-0.15, -0.1) is 0 Å². The lowest BCUT2D eigenvalue weighted by Crippen LogP contribution is -2.36. The maximum Gasteiger partial charge on any atom is 0.224 e. The van der Waals surface area contributed by atoms with Crippen molar-refractivity contribution in [3.05, 3.63) is 48.0 Å². The van der Waals surface area contributed by atoms with Crippen molar-refractivity contribution in [2.75, 3.05) is 13.1 Å². The number of carbonyl (C=O) groups excluding carboxylic acids is 1. The summed E-state index contributed by atoms with van der Waals surface area (Å²) >= 11 is 0. The van der Waals surface area contributed by atoms with Crippen LogP contribution in [0.2, 0.25) is 0 Å². The van der Waals surface area contributed by atoms with Gasteiger partial charge < -0.3 is 11.1 Å². The molecule has 3 nitrogen and oxygen atoms in total. The van der Waals surface area contributed by atoms with E-state index in [1.807, 2.05) is 25.1 Å². The third-order valence-electron chi connectivity index (χ3n) is 3.55. The first-order valence-corrected chi connectivity index (χ1v) is 7.20. The van der Waals surface area contributed by atoms with Crippen LogP contribution in [-0.4, -0.2) is 19.0 Å². The molecule has 1 atom stereocenters. The molecule has 0 saturated heterocycles. The number of hydrogen-bond donors (Lipinski definition) is 2. The van der Waals surface area contributed by atoms with Gasteiger partial charge in [0.2, 0.25) is 5.91 Å². The van der Waals surface area contributed by atoms with Crippen LogP contribution in [0.3, 0.4) is 0 Å². The van der Waals surface area contributed by atoms with Gasteiger partial charge in [0, 0.05) is 13.1 Å². The van der Waals surface area contributed by atoms with Crippen molar-refractivity contribution in [1.82, 2.24) is 5.32 Å².